The van der Waals surface area contributed by atoms with Gasteiger partial charge in [-0.2, -0.15) is 10.2 Å². The topological polar surface area (TPSA) is 77.3 Å². The van der Waals surface area contributed by atoms with E-state index in [-0.39, 0.29) is 0 Å². The van der Waals surface area contributed by atoms with Crippen molar-refractivity contribution in [3.8, 4) is 11.5 Å². The van der Waals surface area contributed by atoms with Crippen molar-refractivity contribution in [3.63, 3.8) is 0 Å². The molecule has 0 N–H and O–H groups in total. The molecule has 0 heterocycles. The fourth-order valence-electron chi connectivity index (χ4n) is 3.20. The summed E-state index contributed by atoms with van der Waals surface area (Å²) >= 11 is 0. The highest BCUT2D eigenvalue weighted by atomic mass is 16.5. The molecular formula is C28H22N2O4. The molecule has 0 fully saturated rings. The van der Waals surface area contributed by atoms with Crippen LogP contribution in [0, 0.1) is 13.8 Å². The Morgan fingerprint density at radius 1 is 0.618 bits per heavy atom. The maximum Gasteiger partial charge on any atom is 0.343 e. The van der Waals surface area contributed by atoms with Gasteiger partial charge in [0, 0.05) is 0 Å². The van der Waals surface area contributed by atoms with Crippen molar-refractivity contribution in [1.29, 1.82) is 0 Å². The van der Waals surface area contributed by atoms with Gasteiger partial charge in [-0.25, -0.2) is 9.59 Å². The fraction of sp³-hybridized carbons (Fsp3) is 0.0714. The standard InChI is InChI=1S/C28H22N2O4/c1-19-18-24(33-27(31)21-9-5-3-6-10-21)14-15-25(19)30-29-23-13-16-26(20(2)17-23)34-28(32)22-11-7-4-8-12-22/h3-18H,1-2H3/b30-29+. The van der Waals surface area contributed by atoms with Gasteiger partial charge < -0.3 is 9.47 Å². The Hall–Kier alpha value is -4.58. The molecule has 0 atom stereocenters. The quantitative estimate of drug-likeness (QED) is 0.177. The van der Waals surface area contributed by atoms with E-state index >= 15 is 0 Å². The molecule has 4 aromatic carbocycles. The molecule has 0 aromatic heterocycles. The summed E-state index contributed by atoms with van der Waals surface area (Å²) in [5, 5.41) is 8.60. The van der Waals surface area contributed by atoms with Gasteiger partial charge in [-0.1, -0.05) is 36.4 Å². The van der Waals surface area contributed by atoms with E-state index in [1.165, 1.54) is 0 Å². The molecule has 4 aromatic rings. The van der Waals surface area contributed by atoms with Gasteiger partial charge in [0.15, 0.2) is 0 Å². The summed E-state index contributed by atoms with van der Waals surface area (Å²) in [6.07, 6.45) is 0. The zero-order valence-corrected chi connectivity index (χ0v) is 18.8. The number of benzene rings is 4. The lowest BCUT2D eigenvalue weighted by atomic mass is 10.2. The molecule has 4 rings (SSSR count). The number of carbonyl (C=O) groups excluding carboxylic acids is 2. The predicted molar refractivity (Wildman–Crippen MR) is 129 cm³/mol. The highest BCUT2D eigenvalue weighted by molar-refractivity contribution is 5.91. The lowest BCUT2D eigenvalue weighted by Gasteiger charge is -2.08. The number of hydrogen-bond acceptors (Lipinski definition) is 6. The van der Waals surface area contributed by atoms with E-state index in [1.807, 2.05) is 26.0 Å². The van der Waals surface area contributed by atoms with Crippen LogP contribution in [0.4, 0.5) is 11.4 Å². The molecule has 34 heavy (non-hydrogen) atoms. The summed E-state index contributed by atoms with van der Waals surface area (Å²) in [6, 6.07) is 28.0. The van der Waals surface area contributed by atoms with Crippen LogP contribution in [-0.2, 0) is 0 Å². The number of hydrogen-bond donors (Lipinski definition) is 0. The summed E-state index contributed by atoms with van der Waals surface area (Å²) in [5.41, 5.74) is 3.82. The van der Waals surface area contributed by atoms with Crippen molar-refractivity contribution < 1.29 is 19.1 Å². The first-order valence-corrected chi connectivity index (χ1v) is 10.7. The van der Waals surface area contributed by atoms with Gasteiger partial charge in [0.05, 0.1) is 22.5 Å². The van der Waals surface area contributed by atoms with Crippen molar-refractivity contribution in [2.24, 2.45) is 10.2 Å². The predicted octanol–water partition coefficient (Wildman–Crippen LogP) is 7.16. The van der Waals surface area contributed by atoms with Crippen molar-refractivity contribution in [3.05, 3.63) is 119 Å². The summed E-state index contributed by atoms with van der Waals surface area (Å²) in [4.78, 5) is 24.5. The first kappa shape index (κ1) is 22.6. The van der Waals surface area contributed by atoms with E-state index in [9.17, 15) is 9.59 Å². The molecule has 0 aliphatic carbocycles. The van der Waals surface area contributed by atoms with Crippen molar-refractivity contribution in [2.45, 2.75) is 13.8 Å². The van der Waals surface area contributed by atoms with Gasteiger partial charge >= 0.3 is 11.9 Å². The van der Waals surface area contributed by atoms with Gasteiger partial charge in [0.2, 0.25) is 0 Å². The Balaban J connectivity index is 1.42. The van der Waals surface area contributed by atoms with E-state index in [0.29, 0.717) is 34.0 Å². The van der Waals surface area contributed by atoms with E-state index in [4.69, 9.17) is 9.47 Å². The van der Waals surface area contributed by atoms with Crippen LogP contribution in [0.15, 0.2) is 107 Å². The van der Waals surface area contributed by atoms with Crippen LogP contribution in [0.25, 0.3) is 0 Å². The smallest absolute Gasteiger partial charge is 0.343 e. The highest BCUT2D eigenvalue weighted by Gasteiger charge is 2.11. The van der Waals surface area contributed by atoms with E-state index in [0.717, 1.165) is 11.1 Å². The second-order valence-electron chi connectivity index (χ2n) is 7.61. The van der Waals surface area contributed by atoms with Crippen LogP contribution in [0.2, 0.25) is 0 Å². The Morgan fingerprint density at radius 3 is 1.82 bits per heavy atom. The summed E-state index contributed by atoms with van der Waals surface area (Å²) < 4.78 is 10.9. The molecule has 6 heteroatoms. The summed E-state index contributed by atoms with van der Waals surface area (Å²) in [5.74, 6) is 0.0685. The average Bonchev–Trinajstić information content (AvgIpc) is 2.86. The molecule has 6 nitrogen and oxygen atoms in total. The largest absolute Gasteiger partial charge is 0.423 e. The van der Waals surface area contributed by atoms with E-state index < -0.39 is 11.9 Å². The fourth-order valence-corrected chi connectivity index (χ4v) is 3.20. The van der Waals surface area contributed by atoms with Gasteiger partial charge in [0.25, 0.3) is 0 Å². The number of carbonyl (C=O) groups is 2. The molecule has 0 unspecified atom stereocenters. The van der Waals surface area contributed by atoms with Crippen LogP contribution in [0.5, 0.6) is 11.5 Å². The number of aryl methyl sites for hydroxylation is 2. The van der Waals surface area contributed by atoms with Crippen LogP contribution in [-0.4, -0.2) is 11.9 Å². The molecule has 0 saturated carbocycles. The summed E-state index contributed by atoms with van der Waals surface area (Å²) in [7, 11) is 0. The number of rotatable bonds is 6. The third-order valence-electron chi connectivity index (χ3n) is 5.03. The van der Waals surface area contributed by atoms with Gasteiger partial charge in [-0.3, -0.25) is 0 Å². The minimum Gasteiger partial charge on any atom is -0.423 e. The zero-order chi connectivity index (χ0) is 23.9. The lowest BCUT2D eigenvalue weighted by Crippen LogP contribution is -2.08. The molecule has 0 saturated heterocycles. The van der Waals surface area contributed by atoms with Crippen molar-refractivity contribution in [2.75, 3.05) is 0 Å². The van der Waals surface area contributed by atoms with Crippen LogP contribution in [0.3, 0.4) is 0 Å². The zero-order valence-electron chi connectivity index (χ0n) is 18.8. The number of esters is 2. The molecule has 0 bridgehead atoms. The Labute approximate surface area is 197 Å². The molecule has 0 amide bonds. The molecule has 0 aliphatic rings. The molecule has 0 aliphatic heterocycles. The normalized spacial score (nSPS) is 10.8. The summed E-state index contributed by atoms with van der Waals surface area (Å²) in [6.45, 7) is 3.71. The van der Waals surface area contributed by atoms with Crippen molar-refractivity contribution in [1.82, 2.24) is 0 Å². The molecule has 168 valence electrons. The van der Waals surface area contributed by atoms with Gasteiger partial charge in [-0.15, -0.1) is 0 Å². The minimum absolute atomic E-state index is 0.415. The monoisotopic (exact) mass is 450 g/mol. The highest BCUT2D eigenvalue weighted by Crippen LogP contribution is 2.29. The third kappa shape index (κ3) is 5.61. The first-order valence-electron chi connectivity index (χ1n) is 10.7. The third-order valence-corrected chi connectivity index (χ3v) is 5.03. The van der Waals surface area contributed by atoms with E-state index in [1.54, 1.807) is 84.9 Å². The molecule has 0 spiro atoms. The number of ether oxygens (including phenoxy) is 2. The first-order chi connectivity index (χ1) is 16.5. The van der Waals surface area contributed by atoms with Crippen LogP contribution < -0.4 is 9.47 Å². The second kappa shape index (κ2) is 10.4. The van der Waals surface area contributed by atoms with Crippen LogP contribution >= 0.6 is 0 Å². The van der Waals surface area contributed by atoms with Gasteiger partial charge in [0.1, 0.15) is 11.5 Å². The Bertz CT molecular complexity index is 1350. The minimum atomic E-state index is -0.419. The van der Waals surface area contributed by atoms with Gasteiger partial charge in [-0.05, 0) is 85.6 Å². The SMILES string of the molecule is Cc1cc(OC(=O)c2ccccc2)ccc1/N=N/c1ccc(OC(=O)c2ccccc2)c(C)c1. The number of nitrogens with zero attached hydrogens (tertiary/aromatic N) is 2. The second-order valence-corrected chi connectivity index (χ2v) is 7.61. The van der Waals surface area contributed by atoms with Crippen LogP contribution in [0.1, 0.15) is 31.8 Å². The maximum atomic E-state index is 12.3. The molecule has 0 radical (unpaired) electrons. The Morgan fingerprint density at radius 2 is 1.24 bits per heavy atom. The average molecular weight is 450 g/mol. The maximum absolute atomic E-state index is 12.3. The number of azo groups is 1. The van der Waals surface area contributed by atoms with E-state index in [2.05, 4.69) is 10.2 Å². The molecular weight excluding hydrogens is 428 g/mol. The Kier molecular flexibility index (Phi) is 6.89. The lowest BCUT2D eigenvalue weighted by molar-refractivity contribution is 0.0724. The van der Waals surface area contributed by atoms with Crippen molar-refractivity contribution >= 4 is 23.3 Å².